The lowest BCUT2D eigenvalue weighted by atomic mass is 10.1. The second kappa shape index (κ2) is 7.33. The van der Waals surface area contributed by atoms with E-state index in [1.54, 1.807) is 6.92 Å². The Hall–Kier alpha value is -2.58. The smallest absolute Gasteiger partial charge is 0.273 e. The van der Waals surface area contributed by atoms with E-state index in [4.69, 9.17) is 23.8 Å². The SMILES string of the molecule is Cc1ccc(C(=O)NC(=S)Nc2ccc(F)c(Cl)c2)cc1[N+](=O)[O-]. The van der Waals surface area contributed by atoms with Gasteiger partial charge in [0.05, 0.1) is 9.95 Å². The van der Waals surface area contributed by atoms with Crippen LogP contribution in [0, 0.1) is 22.9 Å². The van der Waals surface area contributed by atoms with Crippen molar-refractivity contribution >= 4 is 46.2 Å². The summed E-state index contributed by atoms with van der Waals surface area (Å²) in [5.74, 6) is -1.19. The van der Waals surface area contributed by atoms with E-state index in [1.165, 1.54) is 30.3 Å². The highest BCUT2D eigenvalue weighted by molar-refractivity contribution is 7.80. The zero-order valence-corrected chi connectivity index (χ0v) is 13.9. The Morgan fingerprint density at radius 3 is 2.62 bits per heavy atom. The Bertz CT molecular complexity index is 845. The van der Waals surface area contributed by atoms with Crippen molar-refractivity contribution in [2.24, 2.45) is 0 Å². The van der Waals surface area contributed by atoms with Crippen molar-refractivity contribution in [3.05, 3.63) is 68.5 Å². The average Bonchev–Trinajstić information content (AvgIpc) is 2.51. The molecule has 124 valence electrons. The van der Waals surface area contributed by atoms with Gasteiger partial charge in [-0.15, -0.1) is 0 Å². The Balaban J connectivity index is 2.08. The predicted octanol–water partition coefficient (Wildman–Crippen LogP) is 3.82. The van der Waals surface area contributed by atoms with E-state index in [0.717, 1.165) is 6.07 Å². The normalized spacial score (nSPS) is 10.1. The zero-order valence-electron chi connectivity index (χ0n) is 12.3. The van der Waals surface area contributed by atoms with E-state index < -0.39 is 16.6 Å². The number of benzene rings is 2. The highest BCUT2D eigenvalue weighted by atomic mass is 35.5. The molecule has 0 unspecified atom stereocenters. The van der Waals surface area contributed by atoms with Crippen molar-refractivity contribution in [3.63, 3.8) is 0 Å². The number of thiocarbonyl (C=S) groups is 1. The van der Waals surface area contributed by atoms with Gasteiger partial charge in [-0.1, -0.05) is 17.7 Å². The maximum absolute atomic E-state index is 13.1. The minimum atomic E-state index is -0.608. The molecule has 6 nitrogen and oxygen atoms in total. The van der Waals surface area contributed by atoms with Crippen LogP contribution in [0.1, 0.15) is 15.9 Å². The molecule has 24 heavy (non-hydrogen) atoms. The van der Waals surface area contributed by atoms with Gasteiger partial charge in [-0.2, -0.15) is 0 Å². The van der Waals surface area contributed by atoms with E-state index in [0.29, 0.717) is 11.3 Å². The monoisotopic (exact) mass is 367 g/mol. The third-order valence-electron chi connectivity index (χ3n) is 3.07. The number of carbonyl (C=O) groups is 1. The van der Waals surface area contributed by atoms with Crippen molar-refractivity contribution in [1.82, 2.24) is 5.32 Å². The lowest BCUT2D eigenvalue weighted by Gasteiger charge is -2.10. The summed E-state index contributed by atoms with van der Waals surface area (Å²) < 4.78 is 13.1. The molecule has 0 heterocycles. The molecule has 0 atom stereocenters. The molecular formula is C15H11ClFN3O3S. The van der Waals surface area contributed by atoms with Gasteiger partial charge in [0, 0.05) is 22.9 Å². The van der Waals surface area contributed by atoms with Crippen LogP contribution in [-0.4, -0.2) is 15.9 Å². The van der Waals surface area contributed by atoms with Gasteiger partial charge in [0.1, 0.15) is 5.82 Å². The lowest BCUT2D eigenvalue weighted by molar-refractivity contribution is -0.385. The van der Waals surface area contributed by atoms with E-state index in [9.17, 15) is 19.3 Å². The zero-order chi connectivity index (χ0) is 17.9. The van der Waals surface area contributed by atoms with Gasteiger partial charge >= 0.3 is 0 Å². The van der Waals surface area contributed by atoms with Gasteiger partial charge in [-0.3, -0.25) is 20.2 Å². The summed E-state index contributed by atoms with van der Waals surface area (Å²) in [6.07, 6.45) is 0. The topological polar surface area (TPSA) is 84.3 Å². The van der Waals surface area contributed by atoms with Crippen LogP contribution in [0.2, 0.25) is 5.02 Å². The molecule has 2 rings (SSSR count). The minimum absolute atomic E-state index is 0.0501. The molecule has 0 radical (unpaired) electrons. The molecular weight excluding hydrogens is 357 g/mol. The van der Waals surface area contributed by atoms with Crippen molar-refractivity contribution in [2.75, 3.05) is 5.32 Å². The minimum Gasteiger partial charge on any atom is -0.332 e. The van der Waals surface area contributed by atoms with Gasteiger partial charge in [-0.25, -0.2) is 4.39 Å². The van der Waals surface area contributed by atoms with Crippen LogP contribution in [0.25, 0.3) is 0 Å². The third kappa shape index (κ3) is 4.24. The van der Waals surface area contributed by atoms with E-state index in [1.807, 2.05) is 0 Å². The molecule has 0 aliphatic rings. The molecule has 1 amide bonds. The van der Waals surface area contributed by atoms with Crippen molar-refractivity contribution < 1.29 is 14.1 Å². The average molecular weight is 368 g/mol. The number of hydrogen-bond donors (Lipinski definition) is 2. The number of anilines is 1. The lowest BCUT2D eigenvalue weighted by Crippen LogP contribution is -2.34. The maximum Gasteiger partial charge on any atom is 0.273 e. The summed E-state index contributed by atoms with van der Waals surface area (Å²) in [4.78, 5) is 22.5. The molecule has 0 bridgehead atoms. The first kappa shape index (κ1) is 17.8. The van der Waals surface area contributed by atoms with Gasteiger partial charge in [0.25, 0.3) is 11.6 Å². The van der Waals surface area contributed by atoms with Crippen molar-refractivity contribution in [1.29, 1.82) is 0 Å². The Morgan fingerprint density at radius 2 is 2.00 bits per heavy atom. The molecule has 0 saturated heterocycles. The molecule has 0 aliphatic heterocycles. The maximum atomic E-state index is 13.1. The van der Waals surface area contributed by atoms with E-state index in [2.05, 4.69) is 10.6 Å². The first-order chi connectivity index (χ1) is 11.3. The van der Waals surface area contributed by atoms with E-state index >= 15 is 0 Å². The number of halogens is 2. The number of nitro groups is 1. The fourth-order valence-corrected chi connectivity index (χ4v) is 2.25. The number of hydrogen-bond acceptors (Lipinski definition) is 4. The van der Waals surface area contributed by atoms with Crippen LogP contribution in [-0.2, 0) is 0 Å². The number of nitrogens with zero attached hydrogens (tertiary/aromatic N) is 1. The summed E-state index contributed by atoms with van der Waals surface area (Å²) in [6.45, 7) is 1.57. The van der Waals surface area contributed by atoms with Crippen LogP contribution < -0.4 is 10.6 Å². The fraction of sp³-hybridized carbons (Fsp3) is 0.0667. The molecule has 0 spiro atoms. The molecule has 0 saturated carbocycles. The Labute approximate surface area is 146 Å². The highest BCUT2D eigenvalue weighted by Gasteiger charge is 2.15. The molecule has 9 heteroatoms. The fourth-order valence-electron chi connectivity index (χ4n) is 1.86. The van der Waals surface area contributed by atoms with Crippen LogP contribution in [0.15, 0.2) is 36.4 Å². The summed E-state index contributed by atoms with van der Waals surface area (Å²) in [5.41, 5.74) is 0.764. The molecule has 2 N–H and O–H groups in total. The Kier molecular flexibility index (Phi) is 5.42. The van der Waals surface area contributed by atoms with E-state index in [-0.39, 0.29) is 21.4 Å². The molecule has 2 aromatic rings. The second-order valence-corrected chi connectivity index (χ2v) is 5.61. The van der Waals surface area contributed by atoms with Gasteiger partial charge < -0.3 is 5.32 Å². The summed E-state index contributed by atoms with van der Waals surface area (Å²) in [5, 5.41) is 15.8. The van der Waals surface area contributed by atoms with Crippen molar-refractivity contribution in [3.8, 4) is 0 Å². The van der Waals surface area contributed by atoms with Gasteiger partial charge in [0.2, 0.25) is 0 Å². The third-order valence-corrected chi connectivity index (χ3v) is 3.57. The number of nitrogens with one attached hydrogen (secondary N) is 2. The standard InChI is InChI=1S/C15H11ClFN3O3S/c1-8-2-3-9(6-13(8)20(22)23)14(21)19-15(24)18-10-4-5-12(17)11(16)7-10/h2-7H,1H3,(H2,18,19,21,24). The summed E-state index contributed by atoms with van der Waals surface area (Å²) in [6, 6.07) is 7.96. The Morgan fingerprint density at radius 1 is 1.29 bits per heavy atom. The van der Waals surface area contributed by atoms with Gasteiger partial charge in [-0.05, 0) is 43.4 Å². The number of amides is 1. The molecule has 0 aliphatic carbocycles. The van der Waals surface area contributed by atoms with Crippen LogP contribution >= 0.6 is 23.8 Å². The molecule has 0 fully saturated rings. The first-order valence-electron chi connectivity index (χ1n) is 6.60. The largest absolute Gasteiger partial charge is 0.332 e. The predicted molar refractivity (Wildman–Crippen MR) is 92.9 cm³/mol. The quantitative estimate of drug-likeness (QED) is 0.489. The summed E-state index contributed by atoms with van der Waals surface area (Å²) in [7, 11) is 0. The van der Waals surface area contributed by atoms with Gasteiger partial charge in [0.15, 0.2) is 5.11 Å². The number of nitro benzene ring substituents is 1. The van der Waals surface area contributed by atoms with Crippen LogP contribution in [0.5, 0.6) is 0 Å². The van der Waals surface area contributed by atoms with Crippen molar-refractivity contribution in [2.45, 2.75) is 6.92 Å². The second-order valence-electron chi connectivity index (χ2n) is 4.80. The summed E-state index contributed by atoms with van der Waals surface area (Å²) >= 11 is 10.6. The highest BCUT2D eigenvalue weighted by Crippen LogP contribution is 2.20. The van der Waals surface area contributed by atoms with Crippen LogP contribution in [0.3, 0.4) is 0 Å². The molecule has 2 aromatic carbocycles. The van der Waals surface area contributed by atoms with Crippen LogP contribution in [0.4, 0.5) is 15.8 Å². The number of rotatable bonds is 3. The number of aryl methyl sites for hydroxylation is 1. The molecule has 0 aromatic heterocycles. The first-order valence-corrected chi connectivity index (χ1v) is 7.39. The number of carbonyl (C=O) groups excluding carboxylic acids is 1.